The number of rotatable bonds is 2. The van der Waals surface area contributed by atoms with Gasteiger partial charge in [0.05, 0.1) is 16.1 Å². The molecule has 1 aromatic carbocycles. The molecule has 0 saturated carbocycles. The monoisotopic (exact) mass is 316 g/mol. The van der Waals surface area contributed by atoms with Crippen LogP contribution in [-0.2, 0) is 6.54 Å². The lowest BCUT2D eigenvalue weighted by Gasteiger charge is -2.23. The zero-order valence-electron chi connectivity index (χ0n) is 10.5. The Morgan fingerprint density at radius 1 is 1.58 bits per heavy atom. The van der Waals surface area contributed by atoms with Crippen molar-refractivity contribution < 1.29 is 4.39 Å². The fourth-order valence-electron chi connectivity index (χ4n) is 2.60. The second-order valence-electron chi connectivity index (χ2n) is 5.20. The summed E-state index contributed by atoms with van der Waals surface area (Å²) in [7, 11) is 0. The first kappa shape index (κ1) is 13.5. The molecule has 0 aliphatic carbocycles. The van der Waals surface area contributed by atoms with Crippen LogP contribution in [0.25, 0.3) is 11.0 Å². The predicted molar refractivity (Wildman–Crippen MR) is 82.2 cm³/mol. The second kappa shape index (κ2) is 4.79. The third kappa shape index (κ3) is 2.43. The molecule has 1 aromatic heterocycles. The van der Waals surface area contributed by atoms with Gasteiger partial charge in [0, 0.05) is 17.4 Å². The minimum absolute atomic E-state index is 0.123. The number of nitrogens with one attached hydrogen (secondary N) is 1. The van der Waals surface area contributed by atoms with Crippen molar-refractivity contribution in [2.75, 3.05) is 5.75 Å². The van der Waals surface area contributed by atoms with Crippen LogP contribution in [0.2, 0.25) is 5.02 Å². The molecule has 2 heterocycles. The summed E-state index contributed by atoms with van der Waals surface area (Å²) in [6, 6.07) is 3.07. The number of halogens is 2. The van der Waals surface area contributed by atoms with Gasteiger partial charge in [-0.15, -0.1) is 0 Å². The molecule has 0 radical (unpaired) electrons. The molecule has 1 fully saturated rings. The van der Waals surface area contributed by atoms with Gasteiger partial charge in [-0.2, -0.15) is 11.8 Å². The topological polar surface area (TPSA) is 20.7 Å². The Labute approximate surface area is 125 Å². The Kier molecular flexibility index (Phi) is 3.39. The van der Waals surface area contributed by atoms with Crippen molar-refractivity contribution in [2.24, 2.45) is 0 Å². The number of nitrogens with zero attached hydrogens (tertiary/aromatic N) is 1. The van der Waals surface area contributed by atoms with E-state index in [4.69, 9.17) is 23.8 Å². The number of imidazole rings is 1. The number of benzene rings is 1. The summed E-state index contributed by atoms with van der Waals surface area (Å²) in [6.45, 7) is 3.05. The van der Waals surface area contributed by atoms with Crippen LogP contribution >= 0.6 is 35.6 Å². The molecule has 6 heteroatoms. The maximum atomic E-state index is 13.6. The number of thioether (sulfide) groups is 1. The SMILES string of the molecule is CC1(Cn2c(=S)[nH]c3cc(Cl)c(F)cc32)CCCS1. The number of hydrogen-bond donors (Lipinski definition) is 1. The van der Waals surface area contributed by atoms with Gasteiger partial charge in [0.2, 0.25) is 0 Å². The highest BCUT2D eigenvalue weighted by Gasteiger charge is 2.30. The zero-order chi connectivity index (χ0) is 13.6. The summed E-state index contributed by atoms with van der Waals surface area (Å²) in [5, 5.41) is 0.123. The highest BCUT2D eigenvalue weighted by atomic mass is 35.5. The van der Waals surface area contributed by atoms with Crippen molar-refractivity contribution in [3.63, 3.8) is 0 Å². The minimum Gasteiger partial charge on any atom is -0.331 e. The van der Waals surface area contributed by atoms with Crippen LogP contribution in [0.5, 0.6) is 0 Å². The van der Waals surface area contributed by atoms with E-state index >= 15 is 0 Å². The molecule has 1 unspecified atom stereocenters. The summed E-state index contributed by atoms with van der Waals surface area (Å²) in [4.78, 5) is 3.10. The first-order chi connectivity index (χ1) is 8.98. The maximum Gasteiger partial charge on any atom is 0.178 e. The number of aromatic nitrogens is 2. The highest BCUT2D eigenvalue weighted by molar-refractivity contribution is 8.00. The molecule has 3 rings (SSSR count). The quantitative estimate of drug-likeness (QED) is 0.805. The summed E-state index contributed by atoms with van der Waals surface area (Å²) in [6.07, 6.45) is 2.40. The van der Waals surface area contributed by atoms with E-state index in [2.05, 4.69) is 11.9 Å². The Morgan fingerprint density at radius 3 is 3.05 bits per heavy atom. The average Bonchev–Trinajstić information content (AvgIpc) is 2.88. The van der Waals surface area contributed by atoms with Crippen molar-refractivity contribution in [2.45, 2.75) is 31.1 Å². The van der Waals surface area contributed by atoms with E-state index in [1.807, 2.05) is 16.3 Å². The van der Waals surface area contributed by atoms with Crippen molar-refractivity contribution in [1.82, 2.24) is 9.55 Å². The van der Waals surface area contributed by atoms with Crippen LogP contribution < -0.4 is 0 Å². The lowest BCUT2D eigenvalue weighted by Crippen LogP contribution is -2.23. The van der Waals surface area contributed by atoms with Gasteiger partial charge >= 0.3 is 0 Å². The van der Waals surface area contributed by atoms with Crippen molar-refractivity contribution >= 4 is 46.6 Å². The molecule has 0 spiro atoms. The minimum atomic E-state index is -0.402. The van der Waals surface area contributed by atoms with Crippen LogP contribution in [0.1, 0.15) is 19.8 Å². The summed E-state index contributed by atoms with van der Waals surface area (Å²) >= 11 is 13.1. The molecule has 1 N–H and O–H groups in total. The molecule has 1 atom stereocenters. The normalized spacial score (nSPS) is 23.3. The Bertz CT molecular complexity index is 686. The van der Waals surface area contributed by atoms with E-state index < -0.39 is 5.82 Å². The molecule has 1 aliphatic rings. The number of hydrogen-bond acceptors (Lipinski definition) is 2. The van der Waals surface area contributed by atoms with Gasteiger partial charge in [-0.3, -0.25) is 0 Å². The molecule has 2 aromatic rings. The Hall–Kier alpha value is -0.520. The lowest BCUT2D eigenvalue weighted by atomic mass is 10.1. The van der Waals surface area contributed by atoms with Crippen LogP contribution in [0.15, 0.2) is 12.1 Å². The fourth-order valence-corrected chi connectivity index (χ4v) is 4.33. The van der Waals surface area contributed by atoms with Crippen molar-refractivity contribution in [1.29, 1.82) is 0 Å². The highest BCUT2D eigenvalue weighted by Crippen LogP contribution is 2.39. The standard InChI is InChI=1S/C13H14ClFN2S2/c1-13(3-2-4-19-13)7-17-11-6-9(15)8(14)5-10(11)16-12(17)18/h5-6H,2-4,7H2,1H3,(H,16,18). The maximum absolute atomic E-state index is 13.6. The van der Waals surface area contributed by atoms with E-state index in [0.717, 1.165) is 17.6 Å². The van der Waals surface area contributed by atoms with Gasteiger partial charge < -0.3 is 9.55 Å². The first-order valence-corrected chi connectivity index (χ1v) is 7.97. The molecule has 2 nitrogen and oxygen atoms in total. The molecule has 1 aliphatic heterocycles. The molecule has 102 valence electrons. The van der Waals surface area contributed by atoms with E-state index in [1.165, 1.54) is 24.7 Å². The predicted octanol–water partition coefficient (Wildman–Crippen LogP) is 4.78. The average molecular weight is 317 g/mol. The Balaban J connectivity index is 2.10. The van der Waals surface area contributed by atoms with Crippen molar-refractivity contribution in [3.8, 4) is 0 Å². The molecular formula is C13H14ClFN2S2. The number of fused-ring (bicyclic) bond motifs is 1. The molecule has 0 amide bonds. The van der Waals surface area contributed by atoms with E-state index in [-0.39, 0.29) is 9.77 Å². The zero-order valence-corrected chi connectivity index (χ0v) is 12.9. The van der Waals surface area contributed by atoms with Gasteiger partial charge in [-0.1, -0.05) is 11.6 Å². The van der Waals surface area contributed by atoms with Gasteiger partial charge in [0.25, 0.3) is 0 Å². The van der Waals surface area contributed by atoms with Crippen LogP contribution in [0, 0.1) is 10.6 Å². The van der Waals surface area contributed by atoms with Gasteiger partial charge in [-0.25, -0.2) is 4.39 Å². The molecule has 0 bridgehead atoms. The molecular weight excluding hydrogens is 303 g/mol. The van der Waals surface area contributed by atoms with Crippen molar-refractivity contribution in [3.05, 3.63) is 27.7 Å². The lowest BCUT2D eigenvalue weighted by molar-refractivity contribution is 0.514. The van der Waals surface area contributed by atoms with Crippen LogP contribution in [0.4, 0.5) is 4.39 Å². The third-order valence-corrected chi connectivity index (χ3v) is 5.74. The molecule has 1 saturated heterocycles. The van der Waals surface area contributed by atoms with Gasteiger partial charge in [-0.05, 0) is 43.8 Å². The number of H-pyrrole nitrogens is 1. The van der Waals surface area contributed by atoms with Crippen LogP contribution in [-0.4, -0.2) is 20.1 Å². The van der Waals surface area contributed by atoms with E-state index in [9.17, 15) is 4.39 Å². The Morgan fingerprint density at radius 2 is 2.37 bits per heavy atom. The van der Waals surface area contributed by atoms with Gasteiger partial charge in [0.1, 0.15) is 5.82 Å². The van der Waals surface area contributed by atoms with Gasteiger partial charge in [0.15, 0.2) is 4.77 Å². The smallest absolute Gasteiger partial charge is 0.178 e. The number of aromatic amines is 1. The summed E-state index contributed by atoms with van der Waals surface area (Å²) < 4.78 is 16.5. The van der Waals surface area contributed by atoms with E-state index in [0.29, 0.717) is 4.77 Å². The second-order valence-corrected chi connectivity index (χ2v) is 7.68. The van der Waals surface area contributed by atoms with Crippen LogP contribution in [0.3, 0.4) is 0 Å². The molecule has 19 heavy (non-hydrogen) atoms. The summed E-state index contributed by atoms with van der Waals surface area (Å²) in [5.41, 5.74) is 1.59. The summed E-state index contributed by atoms with van der Waals surface area (Å²) in [5.74, 6) is 0.785. The third-order valence-electron chi connectivity index (χ3n) is 3.61. The fraction of sp³-hybridized carbons (Fsp3) is 0.462. The largest absolute Gasteiger partial charge is 0.331 e. The van der Waals surface area contributed by atoms with E-state index in [1.54, 1.807) is 6.07 Å². The first-order valence-electron chi connectivity index (χ1n) is 6.20.